The van der Waals surface area contributed by atoms with E-state index in [2.05, 4.69) is 25.6 Å². The van der Waals surface area contributed by atoms with Crippen molar-refractivity contribution in [2.75, 3.05) is 19.5 Å². The van der Waals surface area contributed by atoms with Crippen molar-refractivity contribution in [3.8, 4) is 17.3 Å². The normalized spacial score (nSPS) is 10.2. The Morgan fingerprint density at radius 3 is 2.73 bits per heavy atom. The summed E-state index contributed by atoms with van der Waals surface area (Å²) < 4.78 is 12.2. The number of amides is 2. The quantitative estimate of drug-likeness (QED) is 0.702. The molecule has 2 N–H and O–H groups in total. The molecule has 9 nitrogen and oxygen atoms in total. The van der Waals surface area contributed by atoms with Gasteiger partial charge in [-0.25, -0.2) is 19.7 Å². The van der Waals surface area contributed by atoms with E-state index in [9.17, 15) is 4.79 Å². The Morgan fingerprint density at radius 1 is 1.15 bits per heavy atom. The van der Waals surface area contributed by atoms with Gasteiger partial charge in [-0.1, -0.05) is 6.07 Å². The number of ether oxygens (including phenoxy) is 2. The molecule has 3 aromatic rings. The molecule has 9 heteroatoms. The number of hydrogen-bond donors (Lipinski definition) is 2. The predicted molar refractivity (Wildman–Crippen MR) is 94.6 cm³/mol. The summed E-state index contributed by atoms with van der Waals surface area (Å²) in [4.78, 5) is 24.2. The van der Waals surface area contributed by atoms with Gasteiger partial charge in [0.25, 0.3) is 0 Å². The van der Waals surface area contributed by atoms with Gasteiger partial charge in [0.2, 0.25) is 0 Å². The van der Waals surface area contributed by atoms with Gasteiger partial charge in [0.05, 0.1) is 14.2 Å². The molecule has 2 amide bonds. The molecule has 0 aliphatic carbocycles. The van der Waals surface area contributed by atoms with Crippen molar-refractivity contribution in [1.82, 2.24) is 24.8 Å². The van der Waals surface area contributed by atoms with Crippen LogP contribution in [0.5, 0.6) is 11.5 Å². The van der Waals surface area contributed by atoms with Crippen LogP contribution in [0.4, 0.5) is 10.6 Å². The van der Waals surface area contributed by atoms with Crippen molar-refractivity contribution in [3.63, 3.8) is 0 Å². The van der Waals surface area contributed by atoms with Gasteiger partial charge < -0.3 is 14.8 Å². The molecule has 0 saturated carbocycles. The van der Waals surface area contributed by atoms with E-state index in [1.54, 1.807) is 55.7 Å². The highest BCUT2D eigenvalue weighted by Gasteiger charge is 2.08. The maximum absolute atomic E-state index is 12.1. The fraction of sp³-hybridized carbons (Fsp3) is 0.176. The molecule has 2 aromatic heterocycles. The SMILES string of the molecule is COc1ccc(CNC(=O)Nc2cc(-n3ccnc3)ncn2)cc1OC. The fourth-order valence-corrected chi connectivity index (χ4v) is 2.28. The van der Waals surface area contributed by atoms with Crippen LogP contribution in [0, 0.1) is 0 Å². The summed E-state index contributed by atoms with van der Waals surface area (Å²) in [5.41, 5.74) is 0.875. The highest BCUT2D eigenvalue weighted by molar-refractivity contribution is 5.88. The zero-order chi connectivity index (χ0) is 18.4. The molecular weight excluding hydrogens is 336 g/mol. The van der Waals surface area contributed by atoms with Crippen LogP contribution in [0.25, 0.3) is 5.82 Å². The summed E-state index contributed by atoms with van der Waals surface area (Å²) in [5.74, 6) is 2.22. The summed E-state index contributed by atoms with van der Waals surface area (Å²) >= 11 is 0. The van der Waals surface area contributed by atoms with Crippen molar-refractivity contribution in [2.24, 2.45) is 0 Å². The number of carbonyl (C=O) groups is 1. The maximum atomic E-state index is 12.1. The first kappa shape index (κ1) is 17.2. The lowest BCUT2D eigenvalue weighted by molar-refractivity contribution is 0.251. The number of aromatic nitrogens is 4. The molecule has 0 spiro atoms. The second kappa shape index (κ2) is 7.97. The number of urea groups is 1. The highest BCUT2D eigenvalue weighted by atomic mass is 16.5. The van der Waals surface area contributed by atoms with Gasteiger partial charge in [0, 0.05) is 25.0 Å². The van der Waals surface area contributed by atoms with Crippen LogP contribution < -0.4 is 20.1 Å². The summed E-state index contributed by atoms with van der Waals surface area (Å²) in [6.45, 7) is 0.325. The molecule has 0 aliphatic rings. The smallest absolute Gasteiger partial charge is 0.320 e. The summed E-state index contributed by atoms with van der Waals surface area (Å²) in [6, 6.07) is 6.72. The van der Waals surface area contributed by atoms with Crippen LogP contribution in [0.1, 0.15) is 5.56 Å². The fourth-order valence-electron chi connectivity index (χ4n) is 2.28. The number of nitrogens with zero attached hydrogens (tertiary/aromatic N) is 4. The molecule has 3 rings (SSSR count). The molecule has 0 radical (unpaired) electrons. The topological polar surface area (TPSA) is 103 Å². The van der Waals surface area contributed by atoms with E-state index >= 15 is 0 Å². The molecule has 0 unspecified atom stereocenters. The van der Waals surface area contributed by atoms with Crippen LogP contribution in [-0.2, 0) is 6.54 Å². The molecule has 1 aromatic carbocycles. The first-order valence-electron chi connectivity index (χ1n) is 7.75. The van der Waals surface area contributed by atoms with Gasteiger partial charge in [0.15, 0.2) is 11.5 Å². The van der Waals surface area contributed by atoms with Gasteiger partial charge in [-0.3, -0.25) is 9.88 Å². The zero-order valence-electron chi connectivity index (χ0n) is 14.3. The third kappa shape index (κ3) is 4.07. The first-order valence-corrected chi connectivity index (χ1v) is 7.75. The van der Waals surface area contributed by atoms with Crippen molar-refractivity contribution < 1.29 is 14.3 Å². The summed E-state index contributed by atoms with van der Waals surface area (Å²) in [5, 5.41) is 5.44. The minimum absolute atomic E-state index is 0.325. The average Bonchev–Trinajstić information content (AvgIpc) is 3.21. The van der Waals surface area contributed by atoms with Gasteiger partial charge >= 0.3 is 6.03 Å². The second-order valence-corrected chi connectivity index (χ2v) is 5.23. The van der Waals surface area contributed by atoms with E-state index in [0.717, 1.165) is 5.56 Å². The van der Waals surface area contributed by atoms with E-state index in [1.165, 1.54) is 6.33 Å². The van der Waals surface area contributed by atoms with Gasteiger partial charge in [-0.05, 0) is 17.7 Å². The average molecular weight is 354 g/mol. The van der Waals surface area contributed by atoms with Crippen molar-refractivity contribution in [2.45, 2.75) is 6.54 Å². The summed E-state index contributed by atoms with van der Waals surface area (Å²) in [7, 11) is 3.14. The van der Waals surface area contributed by atoms with Crippen LogP contribution in [0.15, 0.2) is 49.3 Å². The largest absolute Gasteiger partial charge is 0.493 e. The maximum Gasteiger partial charge on any atom is 0.320 e. The molecule has 0 aliphatic heterocycles. The van der Waals surface area contributed by atoms with Gasteiger partial charge in [-0.15, -0.1) is 0 Å². The van der Waals surface area contributed by atoms with E-state index in [0.29, 0.717) is 29.7 Å². The Bertz CT molecular complexity index is 882. The van der Waals surface area contributed by atoms with E-state index in [-0.39, 0.29) is 6.03 Å². The lowest BCUT2D eigenvalue weighted by Gasteiger charge is -2.11. The third-order valence-electron chi connectivity index (χ3n) is 3.56. The number of imidazole rings is 1. The minimum Gasteiger partial charge on any atom is -0.493 e. The van der Waals surface area contributed by atoms with Gasteiger partial charge in [0.1, 0.15) is 24.3 Å². The number of anilines is 1. The molecule has 2 heterocycles. The number of benzene rings is 1. The Labute approximate surface area is 150 Å². The molecule has 134 valence electrons. The zero-order valence-corrected chi connectivity index (χ0v) is 14.3. The summed E-state index contributed by atoms with van der Waals surface area (Å²) in [6.07, 6.45) is 6.39. The van der Waals surface area contributed by atoms with E-state index in [4.69, 9.17) is 9.47 Å². The van der Waals surface area contributed by atoms with E-state index in [1.807, 2.05) is 6.07 Å². The number of nitrogens with one attached hydrogen (secondary N) is 2. The molecule has 26 heavy (non-hydrogen) atoms. The second-order valence-electron chi connectivity index (χ2n) is 5.23. The van der Waals surface area contributed by atoms with Crippen LogP contribution in [0.3, 0.4) is 0 Å². The molecule has 0 bridgehead atoms. The standard InChI is InChI=1S/C17H18N6O3/c1-25-13-4-3-12(7-14(13)26-2)9-19-17(24)22-15-8-16(21-10-20-15)23-6-5-18-11-23/h3-8,10-11H,9H2,1-2H3,(H2,19,20,21,22,24). The van der Waals surface area contributed by atoms with Crippen LogP contribution >= 0.6 is 0 Å². The number of hydrogen-bond acceptors (Lipinski definition) is 6. The van der Waals surface area contributed by atoms with Crippen molar-refractivity contribution in [3.05, 3.63) is 54.9 Å². The van der Waals surface area contributed by atoms with Crippen molar-refractivity contribution in [1.29, 1.82) is 0 Å². The van der Waals surface area contributed by atoms with E-state index < -0.39 is 0 Å². The van der Waals surface area contributed by atoms with Crippen molar-refractivity contribution >= 4 is 11.8 Å². The number of carbonyl (C=O) groups excluding carboxylic acids is 1. The Hall–Kier alpha value is -3.62. The minimum atomic E-state index is -0.380. The van der Waals surface area contributed by atoms with Crippen LogP contribution in [-0.4, -0.2) is 39.8 Å². The first-order chi connectivity index (χ1) is 12.7. The Morgan fingerprint density at radius 2 is 2.00 bits per heavy atom. The monoisotopic (exact) mass is 354 g/mol. The number of methoxy groups -OCH3 is 2. The third-order valence-corrected chi connectivity index (χ3v) is 3.56. The number of rotatable bonds is 6. The lowest BCUT2D eigenvalue weighted by atomic mass is 10.2. The predicted octanol–water partition coefficient (Wildman–Crippen LogP) is 2.00. The molecular formula is C17H18N6O3. The lowest BCUT2D eigenvalue weighted by Crippen LogP contribution is -2.28. The van der Waals surface area contributed by atoms with Gasteiger partial charge in [-0.2, -0.15) is 0 Å². The Balaban J connectivity index is 1.60. The highest BCUT2D eigenvalue weighted by Crippen LogP contribution is 2.27. The molecule has 0 atom stereocenters. The molecule has 0 fully saturated rings. The molecule has 0 saturated heterocycles. The van der Waals surface area contributed by atoms with Crippen LogP contribution in [0.2, 0.25) is 0 Å². The Kier molecular flexibility index (Phi) is 5.28.